The second-order valence-electron chi connectivity index (χ2n) is 5.07. The van der Waals surface area contributed by atoms with Crippen molar-refractivity contribution in [3.63, 3.8) is 0 Å². The maximum atomic E-state index is 12.3. The van der Waals surface area contributed by atoms with E-state index in [9.17, 15) is 4.79 Å². The van der Waals surface area contributed by atoms with Crippen molar-refractivity contribution in [1.29, 1.82) is 0 Å². The SMILES string of the molecule is Cn1ccc(CCNC(=O)c2cccc3c2NCCN3)n1. The van der Waals surface area contributed by atoms with Crippen LogP contribution in [-0.4, -0.2) is 35.3 Å². The van der Waals surface area contributed by atoms with E-state index in [0.717, 1.165) is 36.6 Å². The molecule has 0 saturated heterocycles. The van der Waals surface area contributed by atoms with E-state index in [1.807, 2.05) is 37.5 Å². The first-order valence-electron chi connectivity index (χ1n) is 7.11. The quantitative estimate of drug-likeness (QED) is 0.790. The Bertz CT molecular complexity index is 649. The standard InChI is InChI=1S/C15H19N5O/c1-20-10-6-11(19-20)5-7-18-15(21)12-3-2-4-13-14(12)17-9-8-16-13/h2-4,6,10,16-17H,5,7-9H2,1H3,(H,18,21). The van der Waals surface area contributed by atoms with Gasteiger partial charge in [-0.15, -0.1) is 0 Å². The topological polar surface area (TPSA) is 71.0 Å². The van der Waals surface area contributed by atoms with Gasteiger partial charge in [0.25, 0.3) is 5.91 Å². The molecule has 0 fully saturated rings. The summed E-state index contributed by atoms with van der Waals surface area (Å²) < 4.78 is 1.76. The summed E-state index contributed by atoms with van der Waals surface area (Å²) in [5.41, 5.74) is 3.53. The fourth-order valence-corrected chi connectivity index (χ4v) is 2.46. The van der Waals surface area contributed by atoms with Gasteiger partial charge in [0.05, 0.1) is 22.6 Å². The molecule has 6 heteroatoms. The molecular formula is C15H19N5O. The van der Waals surface area contributed by atoms with Crippen molar-refractivity contribution >= 4 is 17.3 Å². The minimum absolute atomic E-state index is 0.0565. The summed E-state index contributed by atoms with van der Waals surface area (Å²) in [6.45, 7) is 2.27. The molecule has 0 atom stereocenters. The Hall–Kier alpha value is -2.50. The summed E-state index contributed by atoms with van der Waals surface area (Å²) in [7, 11) is 1.89. The van der Waals surface area contributed by atoms with Gasteiger partial charge in [-0.1, -0.05) is 6.07 Å². The van der Waals surface area contributed by atoms with Crippen molar-refractivity contribution in [2.45, 2.75) is 6.42 Å². The minimum Gasteiger partial charge on any atom is -0.382 e. The first kappa shape index (κ1) is 13.5. The molecule has 3 rings (SSSR count). The number of hydrogen-bond acceptors (Lipinski definition) is 4. The molecule has 0 unspecified atom stereocenters. The van der Waals surface area contributed by atoms with Crippen molar-refractivity contribution in [3.05, 3.63) is 41.7 Å². The van der Waals surface area contributed by atoms with E-state index in [1.165, 1.54) is 0 Å². The first-order valence-corrected chi connectivity index (χ1v) is 7.11. The number of benzene rings is 1. The first-order chi connectivity index (χ1) is 10.2. The molecule has 1 aromatic heterocycles. The summed E-state index contributed by atoms with van der Waals surface area (Å²) in [4.78, 5) is 12.3. The highest BCUT2D eigenvalue weighted by Crippen LogP contribution is 2.28. The predicted molar refractivity (Wildman–Crippen MR) is 82.7 cm³/mol. The van der Waals surface area contributed by atoms with E-state index < -0.39 is 0 Å². The largest absolute Gasteiger partial charge is 0.382 e. The van der Waals surface area contributed by atoms with Crippen LogP contribution in [0, 0.1) is 0 Å². The number of carbonyl (C=O) groups is 1. The summed E-state index contributed by atoms with van der Waals surface area (Å²) in [5.74, 6) is -0.0565. The van der Waals surface area contributed by atoms with E-state index >= 15 is 0 Å². The number of fused-ring (bicyclic) bond motifs is 1. The molecule has 2 aromatic rings. The molecule has 0 bridgehead atoms. The number of para-hydroxylation sites is 1. The summed E-state index contributed by atoms with van der Waals surface area (Å²) >= 11 is 0. The number of amides is 1. The molecular weight excluding hydrogens is 266 g/mol. The zero-order valence-corrected chi connectivity index (χ0v) is 12.0. The number of aromatic nitrogens is 2. The van der Waals surface area contributed by atoms with Crippen LogP contribution in [0.2, 0.25) is 0 Å². The molecule has 0 saturated carbocycles. The van der Waals surface area contributed by atoms with Gasteiger partial charge in [-0.2, -0.15) is 5.10 Å². The van der Waals surface area contributed by atoms with Crippen molar-refractivity contribution in [1.82, 2.24) is 15.1 Å². The number of aryl methyl sites for hydroxylation is 1. The Morgan fingerprint density at radius 2 is 2.19 bits per heavy atom. The molecule has 1 aliphatic rings. The average Bonchev–Trinajstić information content (AvgIpc) is 2.92. The Kier molecular flexibility index (Phi) is 3.77. The zero-order chi connectivity index (χ0) is 14.7. The van der Waals surface area contributed by atoms with E-state index in [2.05, 4.69) is 21.0 Å². The lowest BCUT2D eigenvalue weighted by atomic mass is 10.1. The third-order valence-corrected chi connectivity index (χ3v) is 3.49. The van der Waals surface area contributed by atoms with Crippen molar-refractivity contribution in [2.24, 2.45) is 7.05 Å². The molecule has 21 heavy (non-hydrogen) atoms. The van der Waals surface area contributed by atoms with Crippen molar-refractivity contribution in [2.75, 3.05) is 30.3 Å². The van der Waals surface area contributed by atoms with Gasteiger partial charge in [0.2, 0.25) is 0 Å². The fourth-order valence-electron chi connectivity index (χ4n) is 2.46. The number of rotatable bonds is 4. The molecule has 6 nitrogen and oxygen atoms in total. The lowest BCUT2D eigenvalue weighted by Crippen LogP contribution is -2.29. The highest BCUT2D eigenvalue weighted by Gasteiger charge is 2.16. The Balaban J connectivity index is 1.63. The van der Waals surface area contributed by atoms with Crippen molar-refractivity contribution < 1.29 is 4.79 Å². The number of hydrogen-bond donors (Lipinski definition) is 3. The molecule has 0 spiro atoms. The summed E-state index contributed by atoms with van der Waals surface area (Å²) in [6, 6.07) is 7.68. The van der Waals surface area contributed by atoms with Gasteiger partial charge in [0.15, 0.2) is 0 Å². The van der Waals surface area contributed by atoms with Crippen LogP contribution in [0.4, 0.5) is 11.4 Å². The van der Waals surface area contributed by atoms with Gasteiger partial charge in [-0.05, 0) is 18.2 Å². The highest BCUT2D eigenvalue weighted by atomic mass is 16.1. The Labute approximate surface area is 123 Å². The lowest BCUT2D eigenvalue weighted by Gasteiger charge is -2.22. The third kappa shape index (κ3) is 2.99. The Morgan fingerprint density at radius 1 is 1.33 bits per heavy atom. The summed E-state index contributed by atoms with van der Waals surface area (Å²) in [5, 5.41) is 13.8. The predicted octanol–water partition coefficient (Wildman–Crippen LogP) is 1.23. The second-order valence-corrected chi connectivity index (χ2v) is 5.07. The van der Waals surface area contributed by atoms with Gasteiger partial charge in [-0.25, -0.2) is 0 Å². The van der Waals surface area contributed by atoms with Crippen LogP contribution in [0.1, 0.15) is 16.1 Å². The third-order valence-electron chi connectivity index (χ3n) is 3.49. The number of nitrogens with one attached hydrogen (secondary N) is 3. The lowest BCUT2D eigenvalue weighted by molar-refractivity contribution is 0.0955. The minimum atomic E-state index is -0.0565. The monoisotopic (exact) mass is 285 g/mol. The second kappa shape index (κ2) is 5.87. The van der Waals surface area contributed by atoms with Crippen molar-refractivity contribution in [3.8, 4) is 0 Å². The van der Waals surface area contributed by atoms with Gasteiger partial charge in [0.1, 0.15) is 0 Å². The molecule has 1 aliphatic heterocycles. The molecule has 0 radical (unpaired) electrons. The molecule has 1 amide bonds. The normalized spacial score (nSPS) is 13.0. The van der Waals surface area contributed by atoms with Gasteiger partial charge >= 0.3 is 0 Å². The molecule has 1 aromatic carbocycles. The molecule has 0 aliphatic carbocycles. The van der Waals surface area contributed by atoms with Crippen LogP contribution < -0.4 is 16.0 Å². The Morgan fingerprint density at radius 3 is 3.00 bits per heavy atom. The van der Waals surface area contributed by atoms with E-state index in [1.54, 1.807) is 4.68 Å². The van der Waals surface area contributed by atoms with E-state index in [4.69, 9.17) is 0 Å². The fraction of sp³-hybridized carbons (Fsp3) is 0.333. The van der Waals surface area contributed by atoms with E-state index in [0.29, 0.717) is 12.1 Å². The van der Waals surface area contributed by atoms with Crippen LogP contribution in [0.3, 0.4) is 0 Å². The van der Waals surface area contributed by atoms with Gasteiger partial charge in [-0.3, -0.25) is 9.48 Å². The number of anilines is 2. The maximum Gasteiger partial charge on any atom is 0.253 e. The highest BCUT2D eigenvalue weighted by molar-refractivity contribution is 6.02. The van der Waals surface area contributed by atoms with Crippen LogP contribution in [0.25, 0.3) is 0 Å². The van der Waals surface area contributed by atoms with Gasteiger partial charge < -0.3 is 16.0 Å². The average molecular weight is 285 g/mol. The van der Waals surface area contributed by atoms with Gasteiger partial charge in [0, 0.05) is 39.3 Å². The van der Waals surface area contributed by atoms with Crippen LogP contribution in [0.15, 0.2) is 30.5 Å². The van der Waals surface area contributed by atoms with Crippen LogP contribution >= 0.6 is 0 Å². The van der Waals surface area contributed by atoms with Crippen LogP contribution in [0.5, 0.6) is 0 Å². The molecule has 2 heterocycles. The maximum absolute atomic E-state index is 12.3. The summed E-state index contributed by atoms with van der Waals surface area (Å²) in [6.07, 6.45) is 2.63. The van der Waals surface area contributed by atoms with E-state index in [-0.39, 0.29) is 5.91 Å². The number of carbonyl (C=O) groups excluding carboxylic acids is 1. The number of nitrogens with zero attached hydrogens (tertiary/aromatic N) is 2. The smallest absolute Gasteiger partial charge is 0.253 e. The van der Waals surface area contributed by atoms with Crippen LogP contribution in [-0.2, 0) is 13.5 Å². The molecule has 110 valence electrons. The molecule has 3 N–H and O–H groups in total. The zero-order valence-electron chi connectivity index (χ0n) is 12.0.